The zero-order valence-corrected chi connectivity index (χ0v) is 12.7. The first kappa shape index (κ1) is 14.6. The van der Waals surface area contributed by atoms with Gasteiger partial charge >= 0.3 is 0 Å². The lowest BCUT2D eigenvalue weighted by molar-refractivity contribution is -0.121. The third-order valence-electron chi connectivity index (χ3n) is 2.79. The van der Waals surface area contributed by atoms with Crippen molar-refractivity contribution in [2.75, 3.05) is 11.9 Å². The molecule has 0 aliphatic carbocycles. The molecule has 0 radical (unpaired) electrons. The maximum Gasteiger partial charge on any atom is 0.265 e. The van der Waals surface area contributed by atoms with Crippen LogP contribution in [0.1, 0.15) is 0 Å². The summed E-state index contributed by atoms with van der Waals surface area (Å²) in [7, 11) is 0. The molecule has 3 aromatic rings. The number of carbonyl (C=O) groups excluding carboxylic acids is 1. The van der Waals surface area contributed by atoms with E-state index in [1.54, 1.807) is 30.3 Å². The van der Waals surface area contributed by atoms with Gasteiger partial charge < -0.3 is 10.2 Å². The molecule has 0 unspecified atom stereocenters. The summed E-state index contributed by atoms with van der Waals surface area (Å²) in [4.78, 5) is 18.4. The van der Waals surface area contributed by atoms with Crippen molar-refractivity contribution in [1.29, 1.82) is 0 Å². The van der Waals surface area contributed by atoms with Gasteiger partial charge in [0.05, 0.1) is 0 Å². The van der Waals surface area contributed by atoms with Gasteiger partial charge in [-0.25, -0.2) is 0 Å². The zero-order chi connectivity index (χ0) is 15.5. The molecule has 0 bridgehead atoms. The van der Waals surface area contributed by atoms with Gasteiger partial charge in [0.15, 0.2) is 6.61 Å². The van der Waals surface area contributed by atoms with Crippen LogP contribution in [0.4, 0.5) is 5.69 Å². The lowest BCUT2D eigenvalue weighted by Crippen LogP contribution is -2.26. The third-order valence-corrected chi connectivity index (χ3v) is 3.22. The van der Waals surface area contributed by atoms with Gasteiger partial charge in [-0.2, -0.15) is 0 Å². The van der Waals surface area contributed by atoms with E-state index in [9.17, 15) is 4.79 Å². The van der Waals surface area contributed by atoms with Gasteiger partial charge in [-0.3, -0.25) is 4.79 Å². The van der Waals surface area contributed by atoms with Crippen LogP contribution in [-0.2, 0) is 4.79 Å². The number of halogens is 2. The van der Waals surface area contributed by atoms with E-state index < -0.39 is 0 Å². The summed E-state index contributed by atoms with van der Waals surface area (Å²) in [6.07, 6.45) is 0. The molecule has 0 saturated carbocycles. The molecule has 0 saturated heterocycles. The fraction of sp³-hybridized carbons (Fsp3) is 0.0714. The van der Waals surface area contributed by atoms with E-state index in [0.717, 1.165) is 0 Å². The number of amides is 1. The van der Waals surface area contributed by atoms with Crippen LogP contribution in [0.3, 0.4) is 0 Å². The summed E-state index contributed by atoms with van der Waals surface area (Å²) in [5.74, 6) is -0.363. The molecular formula is C14H10Cl2N4O2. The Morgan fingerprint density at radius 3 is 2.68 bits per heavy atom. The number of nitrogens with zero attached hydrogens (tertiary/aromatic N) is 3. The number of hydrogen-bond donors (Lipinski definition) is 1. The number of carbonyl (C=O) groups is 1. The van der Waals surface area contributed by atoms with Gasteiger partial charge in [0.2, 0.25) is 0 Å². The van der Waals surface area contributed by atoms with Crippen LogP contribution in [0.5, 0.6) is 0 Å². The molecule has 0 atom stereocenters. The molecule has 3 rings (SSSR count). The number of rotatable bonds is 4. The smallest absolute Gasteiger partial charge is 0.265 e. The van der Waals surface area contributed by atoms with Gasteiger partial charge in [-0.15, -0.1) is 5.10 Å². The molecule has 1 aromatic heterocycles. The first-order chi connectivity index (χ1) is 10.6. The number of hydrogen-bond acceptors (Lipinski definition) is 4. The Kier molecular flexibility index (Phi) is 4.13. The largest absolute Gasteiger partial charge is 0.385 e. The summed E-state index contributed by atoms with van der Waals surface area (Å²) in [5, 5.41) is 11.3. The number of para-hydroxylation sites is 1. The first-order valence-electron chi connectivity index (χ1n) is 6.31. The molecule has 0 aliphatic rings. The van der Waals surface area contributed by atoms with E-state index >= 15 is 0 Å². The Hall–Kier alpha value is -2.31. The van der Waals surface area contributed by atoms with Crippen molar-refractivity contribution >= 4 is 45.8 Å². The van der Waals surface area contributed by atoms with Crippen molar-refractivity contribution in [2.45, 2.75) is 0 Å². The maximum atomic E-state index is 11.9. The van der Waals surface area contributed by atoms with Crippen molar-refractivity contribution < 1.29 is 9.63 Å². The van der Waals surface area contributed by atoms with Crippen LogP contribution in [0.2, 0.25) is 10.0 Å². The lowest BCUT2D eigenvalue weighted by Gasteiger charge is -2.07. The average Bonchev–Trinajstić information content (AvgIpc) is 2.87. The molecule has 112 valence electrons. The summed E-state index contributed by atoms with van der Waals surface area (Å²) in [5.41, 5.74) is 1.86. The van der Waals surface area contributed by atoms with Gasteiger partial charge in [-0.05, 0) is 35.5 Å². The van der Waals surface area contributed by atoms with Gasteiger partial charge in [-0.1, -0.05) is 40.2 Å². The van der Waals surface area contributed by atoms with E-state index in [0.29, 0.717) is 26.8 Å². The van der Waals surface area contributed by atoms with Gasteiger partial charge in [0.1, 0.15) is 11.0 Å². The normalized spacial score (nSPS) is 10.6. The predicted octanol–water partition coefficient (Wildman–Crippen LogP) is 2.81. The standard InChI is InChI=1S/C14H10Cl2N4O2/c15-9-5-10(16)7-11(6-9)17-14(21)8-22-20-13-4-2-1-3-12(13)18-19-20/h1-7H,8H2,(H,17,21). The lowest BCUT2D eigenvalue weighted by atomic mass is 10.3. The molecule has 2 aromatic carbocycles. The van der Waals surface area contributed by atoms with Crippen molar-refractivity contribution in [3.63, 3.8) is 0 Å². The summed E-state index contributed by atoms with van der Waals surface area (Å²) in [6, 6.07) is 12.0. The quantitative estimate of drug-likeness (QED) is 0.795. The van der Waals surface area contributed by atoms with Gasteiger partial charge in [0.25, 0.3) is 5.91 Å². The average molecular weight is 337 g/mol. The van der Waals surface area contributed by atoms with Crippen LogP contribution in [-0.4, -0.2) is 27.7 Å². The highest BCUT2D eigenvalue weighted by Gasteiger charge is 2.08. The molecule has 0 spiro atoms. The number of fused-ring (bicyclic) bond motifs is 1. The molecule has 22 heavy (non-hydrogen) atoms. The second kappa shape index (κ2) is 6.21. The highest BCUT2D eigenvalue weighted by Crippen LogP contribution is 2.22. The summed E-state index contributed by atoms with van der Waals surface area (Å²) >= 11 is 11.7. The maximum absolute atomic E-state index is 11.9. The molecule has 1 heterocycles. The van der Waals surface area contributed by atoms with E-state index in [4.69, 9.17) is 28.0 Å². The molecule has 6 nitrogen and oxygen atoms in total. The molecular weight excluding hydrogens is 327 g/mol. The first-order valence-corrected chi connectivity index (χ1v) is 7.07. The number of anilines is 1. The second-order valence-electron chi connectivity index (χ2n) is 4.43. The van der Waals surface area contributed by atoms with E-state index in [1.807, 2.05) is 12.1 Å². The molecule has 8 heteroatoms. The molecule has 0 fully saturated rings. The fourth-order valence-electron chi connectivity index (χ4n) is 1.89. The topological polar surface area (TPSA) is 69.0 Å². The van der Waals surface area contributed by atoms with Crippen LogP contribution in [0.25, 0.3) is 11.0 Å². The van der Waals surface area contributed by atoms with Crippen molar-refractivity contribution in [3.05, 3.63) is 52.5 Å². The van der Waals surface area contributed by atoms with E-state index in [1.165, 1.54) is 4.85 Å². The second-order valence-corrected chi connectivity index (χ2v) is 5.30. The Morgan fingerprint density at radius 2 is 1.91 bits per heavy atom. The van der Waals surface area contributed by atoms with E-state index in [-0.39, 0.29) is 12.5 Å². The Bertz CT molecular complexity index is 814. The van der Waals surface area contributed by atoms with Crippen molar-refractivity contribution in [1.82, 2.24) is 15.2 Å². The summed E-state index contributed by atoms with van der Waals surface area (Å²) in [6.45, 7) is -0.225. The van der Waals surface area contributed by atoms with Crippen molar-refractivity contribution in [3.8, 4) is 0 Å². The molecule has 1 amide bonds. The number of aromatic nitrogens is 3. The minimum atomic E-state index is -0.363. The zero-order valence-electron chi connectivity index (χ0n) is 11.2. The number of nitrogens with one attached hydrogen (secondary N) is 1. The summed E-state index contributed by atoms with van der Waals surface area (Å²) < 4.78 is 0. The van der Waals surface area contributed by atoms with Crippen molar-refractivity contribution in [2.24, 2.45) is 0 Å². The Morgan fingerprint density at radius 1 is 1.18 bits per heavy atom. The fourth-order valence-corrected chi connectivity index (χ4v) is 2.41. The van der Waals surface area contributed by atoms with Crippen LogP contribution < -0.4 is 10.2 Å². The minimum Gasteiger partial charge on any atom is -0.385 e. The van der Waals surface area contributed by atoms with Crippen LogP contribution in [0, 0.1) is 0 Å². The highest BCUT2D eigenvalue weighted by atomic mass is 35.5. The van der Waals surface area contributed by atoms with Gasteiger partial charge in [0, 0.05) is 15.7 Å². The van der Waals surface area contributed by atoms with Crippen LogP contribution >= 0.6 is 23.2 Å². The monoisotopic (exact) mass is 336 g/mol. The SMILES string of the molecule is O=C(COn1nnc2ccccc21)Nc1cc(Cl)cc(Cl)c1. The van der Waals surface area contributed by atoms with E-state index in [2.05, 4.69) is 15.6 Å². The van der Waals surface area contributed by atoms with Crippen LogP contribution in [0.15, 0.2) is 42.5 Å². The Balaban J connectivity index is 1.65. The highest BCUT2D eigenvalue weighted by molar-refractivity contribution is 6.35. The Labute approximate surface area is 135 Å². The molecule has 1 N–H and O–H groups in total. The minimum absolute atomic E-state index is 0.225. The third kappa shape index (κ3) is 3.29. The molecule has 0 aliphatic heterocycles. The predicted molar refractivity (Wildman–Crippen MR) is 84.1 cm³/mol. The number of benzene rings is 2.